The zero-order chi connectivity index (χ0) is 17.6. The highest BCUT2D eigenvalue weighted by Gasteiger charge is 2.53. The van der Waals surface area contributed by atoms with Crippen LogP contribution >= 0.6 is 0 Å². The van der Waals surface area contributed by atoms with E-state index in [0.29, 0.717) is 18.5 Å². The number of alkyl halides is 1. The van der Waals surface area contributed by atoms with E-state index in [0.717, 1.165) is 12.8 Å². The summed E-state index contributed by atoms with van der Waals surface area (Å²) in [5.74, 6) is 0. The van der Waals surface area contributed by atoms with Crippen molar-refractivity contribution >= 4 is 13.2 Å². The fourth-order valence-electron chi connectivity index (χ4n) is 3.08. The lowest BCUT2D eigenvalue weighted by Gasteiger charge is -2.32. The first-order valence-electron chi connectivity index (χ1n) is 8.42. The molecular weight excluding hydrogens is 315 g/mol. The largest absolute Gasteiger partial charge is 0.525 e. The predicted octanol–water partition coefficient (Wildman–Crippen LogP) is 3.50. The van der Waals surface area contributed by atoms with Crippen LogP contribution in [0.15, 0.2) is 11.9 Å². The summed E-state index contributed by atoms with van der Waals surface area (Å²) in [5.41, 5.74) is -2.69. The van der Waals surface area contributed by atoms with E-state index in [1.807, 2.05) is 27.7 Å². The van der Waals surface area contributed by atoms with E-state index in [4.69, 9.17) is 9.31 Å². The van der Waals surface area contributed by atoms with Gasteiger partial charge in [-0.25, -0.2) is 13.5 Å². The van der Waals surface area contributed by atoms with Crippen molar-refractivity contribution in [3.05, 3.63) is 17.6 Å². The van der Waals surface area contributed by atoms with Gasteiger partial charge in [-0.05, 0) is 46.6 Å². The van der Waals surface area contributed by atoms with Gasteiger partial charge in [-0.2, -0.15) is 0 Å². The zero-order valence-corrected chi connectivity index (χ0v) is 14.7. The first-order chi connectivity index (χ1) is 11.1. The summed E-state index contributed by atoms with van der Waals surface area (Å²) in [4.78, 5) is 0. The summed E-state index contributed by atoms with van der Waals surface area (Å²) >= 11 is 0. The molecule has 132 valence electrons. The predicted molar refractivity (Wildman–Crippen MR) is 87.5 cm³/mol. The lowest BCUT2D eigenvalue weighted by atomic mass is 9.87. The average molecular weight is 339 g/mol. The molecule has 3 rings (SSSR count). The molecular formula is C16H24BF2N3O2. The van der Waals surface area contributed by atoms with E-state index in [2.05, 4.69) is 10.3 Å². The molecule has 0 amide bonds. The van der Waals surface area contributed by atoms with E-state index in [9.17, 15) is 8.78 Å². The Morgan fingerprint density at radius 3 is 2.42 bits per heavy atom. The topological polar surface area (TPSA) is 49.2 Å². The number of halogens is 2. The summed E-state index contributed by atoms with van der Waals surface area (Å²) in [7, 11) is -1.07. The Hall–Kier alpha value is -1.28. The molecule has 1 saturated carbocycles. The standard InChI is InChI=1S/C16H24BF2N3O2/c1-14(2)15(3,4)24-17(23-14)13(18)9-12-10-22(21-20-12)11-16(19)7-5-6-8-16/h9-10H,5-8,11H2,1-4H3. The van der Waals surface area contributed by atoms with Crippen molar-refractivity contribution in [3.63, 3.8) is 0 Å². The first kappa shape index (κ1) is 17.5. The maximum absolute atomic E-state index is 14.5. The second-order valence-corrected chi connectivity index (χ2v) is 7.82. The van der Waals surface area contributed by atoms with Gasteiger partial charge in [0.2, 0.25) is 0 Å². The average Bonchev–Trinajstić information content (AvgIpc) is 3.11. The summed E-state index contributed by atoms with van der Waals surface area (Å²) in [6.07, 6.45) is 5.65. The lowest BCUT2D eigenvalue weighted by Crippen LogP contribution is -2.41. The Balaban J connectivity index is 1.68. The van der Waals surface area contributed by atoms with Crippen LogP contribution in [0.2, 0.25) is 0 Å². The molecule has 0 unspecified atom stereocenters. The molecule has 1 aromatic rings. The molecule has 0 N–H and O–H groups in total. The third kappa shape index (κ3) is 3.40. The Kier molecular flexibility index (Phi) is 4.32. The Morgan fingerprint density at radius 2 is 1.83 bits per heavy atom. The molecule has 0 bridgehead atoms. The molecule has 0 atom stereocenters. The number of hydrogen-bond acceptors (Lipinski definition) is 4. The van der Waals surface area contributed by atoms with Crippen molar-refractivity contribution in [3.8, 4) is 0 Å². The highest BCUT2D eigenvalue weighted by Crippen LogP contribution is 2.39. The molecule has 24 heavy (non-hydrogen) atoms. The molecule has 2 heterocycles. The first-order valence-corrected chi connectivity index (χ1v) is 8.42. The fraction of sp³-hybridized carbons (Fsp3) is 0.750. The number of rotatable bonds is 4. The van der Waals surface area contributed by atoms with Crippen molar-refractivity contribution in [2.45, 2.75) is 76.8 Å². The van der Waals surface area contributed by atoms with Gasteiger partial charge >= 0.3 is 7.12 Å². The molecule has 1 aliphatic carbocycles. The van der Waals surface area contributed by atoms with Gasteiger partial charge in [-0.15, -0.1) is 5.10 Å². The van der Waals surface area contributed by atoms with Gasteiger partial charge in [0.1, 0.15) is 17.1 Å². The van der Waals surface area contributed by atoms with Crippen molar-refractivity contribution in [1.82, 2.24) is 15.0 Å². The van der Waals surface area contributed by atoms with E-state index >= 15 is 0 Å². The molecule has 0 aromatic carbocycles. The van der Waals surface area contributed by atoms with Crippen LogP contribution in [-0.2, 0) is 15.9 Å². The van der Waals surface area contributed by atoms with Crippen LogP contribution in [0.1, 0.15) is 59.1 Å². The molecule has 1 saturated heterocycles. The van der Waals surface area contributed by atoms with Gasteiger partial charge < -0.3 is 9.31 Å². The smallest absolute Gasteiger partial charge is 0.398 e. The highest BCUT2D eigenvalue weighted by molar-refractivity contribution is 6.54. The quantitative estimate of drug-likeness (QED) is 0.788. The minimum absolute atomic E-state index is 0.159. The molecule has 1 aliphatic heterocycles. The SMILES string of the molecule is CC1(C)OB(C(F)=Cc2cn(CC3(F)CCCC3)nn2)OC1(C)C. The minimum Gasteiger partial charge on any atom is -0.398 e. The number of aromatic nitrogens is 3. The van der Waals surface area contributed by atoms with Crippen LogP contribution in [0, 0.1) is 0 Å². The Morgan fingerprint density at radius 1 is 1.25 bits per heavy atom. The van der Waals surface area contributed by atoms with Crippen LogP contribution in [0.3, 0.4) is 0 Å². The lowest BCUT2D eigenvalue weighted by molar-refractivity contribution is 0.00578. The van der Waals surface area contributed by atoms with Crippen molar-refractivity contribution in [1.29, 1.82) is 0 Å². The monoisotopic (exact) mass is 339 g/mol. The van der Waals surface area contributed by atoms with E-state index in [1.165, 1.54) is 10.8 Å². The minimum atomic E-state index is -1.22. The molecule has 0 spiro atoms. The third-order valence-electron chi connectivity index (χ3n) is 5.27. The van der Waals surface area contributed by atoms with E-state index in [1.54, 1.807) is 6.20 Å². The van der Waals surface area contributed by atoms with Crippen LogP contribution in [0.25, 0.3) is 6.08 Å². The van der Waals surface area contributed by atoms with Crippen molar-refractivity contribution in [2.75, 3.05) is 0 Å². The molecule has 5 nitrogen and oxygen atoms in total. The van der Waals surface area contributed by atoms with Crippen LogP contribution in [-0.4, -0.2) is 39.0 Å². The van der Waals surface area contributed by atoms with Crippen molar-refractivity contribution < 1.29 is 18.1 Å². The van der Waals surface area contributed by atoms with Crippen LogP contribution in [0.4, 0.5) is 8.78 Å². The van der Waals surface area contributed by atoms with Gasteiger partial charge in [-0.3, -0.25) is 0 Å². The van der Waals surface area contributed by atoms with Gasteiger partial charge in [-0.1, -0.05) is 18.1 Å². The zero-order valence-electron chi connectivity index (χ0n) is 14.7. The molecule has 2 aliphatic rings. The van der Waals surface area contributed by atoms with E-state index < -0.39 is 29.7 Å². The normalized spacial score (nSPS) is 25.4. The van der Waals surface area contributed by atoms with Crippen LogP contribution < -0.4 is 0 Å². The number of hydrogen-bond donors (Lipinski definition) is 0. The molecule has 0 radical (unpaired) electrons. The summed E-state index contributed by atoms with van der Waals surface area (Å²) < 4.78 is 41.6. The second kappa shape index (κ2) is 5.91. The summed E-state index contributed by atoms with van der Waals surface area (Å²) in [5, 5.41) is 7.79. The van der Waals surface area contributed by atoms with Crippen LogP contribution in [0.5, 0.6) is 0 Å². The number of nitrogens with zero attached hydrogens (tertiary/aromatic N) is 3. The molecule has 8 heteroatoms. The second-order valence-electron chi connectivity index (χ2n) is 7.82. The highest BCUT2D eigenvalue weighted by atomic mass is 19.1. The van der Waals surface area contributed by atoms with E-state index in [-0.39, 0.29) is 6.54 Å². The Bertz CT molecular complexity index is 623. The molecule has 1 aromatic heterocycles. The Labute approximate surface area is 141 Å². The summed E-state index contributed by atoms with van der Waals surface area (Å²) in [6.45, 7) is 7.60. The van der Waals surface area contributed by atoms with Gasteiger partial charge in [0, 0.05) is 0 Å². The third-order valence-corrected chi connectivity index (χ3v) is 5.27. The van der Waals surface area contributed by atoms with Gasteiger partial charge in [0.25, 0.3) is 0 Å². The molecule has 2 fully saturated rings. The maximum atomic E-state index is 14.5. The summed E-state index contributed by atoms with van der Waals surface area (Å²) in [6, 6.07) is 0. The van der Waals surface area contributed by atoms with Crippen molar-refractivity contribution in [2.24, 2.45) is 0 Å². The maximum Gasteiger partial charge on any atom is 0.525 e. The van der Waals surface area contributed by atoms with Gasteiger partial charge in [0.05, 0.1) is 23.9 Å². The fourth-order valence-corrected chi connectivity index (χ4v) is 3.08. The van der Waals surface area contributed by atoms with Gasteiger partial charge in [0.15, 0.2) is 0 Å².